The molecule has 0 aromatic carbocycles. The van der Waals surface area contributed by atoms with Crippen LogP contribution in [0.15, 0.2) is 5.11 Å². The minimum absolute atomic E-state index is 0. The van der Waals surface area contributed by atoms with Crippen molar-refractivity contribution in [2.24, 2.45) is 10.8 Å². The van der Waals surface area contributed by atoms with E-state index in [-0.39, 0.29) is 27.1 Å². The molecule has 0 spiro atoms. The molecule has 0 amide bonds. The smallest absolute Gasteiger partial charge is 0.111 e. The van der Waals surface area contributed by atoms with Crippen LogP contribution in [0.5, 0.6) is 0 Å². The van der Waals surface area contributed by atoms with Gasteiger partial charge in [0.1, 0.15) is 61.0 Å². The van der Waals surface area contributed by atoms with Crippen LogP contribution in [0.25, 0.3) is 10.4 Å². The van der Waals surface area contributed by atoms with Crippen LogP contribution in [-0.2, 0) is 14.2 Å². The number of ether oxygens (including phenoxy) is 3. The molecule has 39 heavy (non-hydrogen) atoms. The minimum atomic E-state index is -1.27. The minimum Gasteiger partial charge on any atom is -0.394 e. The Morgan fingerprint density at radius 3 is 1.31 bits per heavy atom. The number of rotatable bonds is 4. The monoisotopic (exact) mass is 574 g/mol. The second-order valence-electron chi connectivity index (χ2n) is 9.39. The summed E-state index contributed by atoms with van der Waals surface area (Å²) in [5, 5.41) is 95.6. The Bertz CT molecular complexity index is 693. The van der Waals surface area contributed by atoms with Crippen LogP contribution in [0.4, 0.5) is 0 Å². The molecule has 3 aliphatic heterocycles. The van der Waals surface area contributed by atoms with Crippen molar-refractivity contribution in [3.05, 3.63) is 10.4 Å². The lowest BCUT2D eigenvalue weighted by molar-refractivity contribution is -0.224. The number of hydrogen-bond donors (Lipinski definition) is 11. The zero-order valence-electron chi connectivity index (χ0n) is 21.4. The Labute approximate surface area is 226 Å². The molecule has 3 aliphatic rings. The maximum Gasteiger partial charge on any atom is 0.111 e. The molecule has 0 saturated carbocycles. The summed E-state index contributed by atoms with van der Waals surface area (Å²) in [5.74, 6) is 0. The van der Waals surface area contributed by atoms with E-state index >= 15 is 0 Å². The normalized spacial score (nSPS) is 45.7. The van der Waals surface area contributed by atoms with Crippen molar-refractivity contribution in [3.8, 4) is 0 Å². The Hall–Kier alpha value is -1.25. The lowest BCUT2D eigenvalue weighted by Gasteiger charge is -2.38. The van der Waals surface area contributed by atoms with Crippen molar-refractivity contribution in [1.29, 1.82) is 0 Å². The van der Waals surface area contributed by atoms with Crippen LogP contribution < -0.4 is 5.73 Å². The van der Waals surface area contributed by atoms with Crippen LogP contribution >= 0.6 is 0 Å². The van der Waals surface area contributed by atoms with Crippen LogP contribution in [0, 0.1) is 0 Å². The molecule has 6 unspecified atom stereocenters. The molecule has 0 bridgehead atoms. The van der Waals surface area contributed by atoms with E-state index in [9.17, 15) is 46.0 Å². The molecule has 3 fully saturated rings. The van der Waals surface area contributed by atoms with Crippen molar-refractivity contribution in [3.63, 3.8) is 0 Å². The van der Waals surface area contributed by atoms with E-state index in [1.807, 2.05) is 0 Å². The molecule has 3 heterocycles. The first kappa shape index (κ1) is 37.8. The highest BCUT2D eigenvalue weighted by atomic mass is 16.6. The van der Waals surface area contributed by atoms with Crippen molar-refractivity contribution < 1.29 is 65.3 Å². The predicted molar refractivity (Wildman–Crippen MR) is 134 cm³/mol. The first-order chi connectivity index (χ1) is 17.7. The average Bonchev–Trinajstić information content (AvgIpc) is 2.91. The van der Waals surface area contributed by atoms with Gasteiger partial charge < -0.3 is 71.0 Å². The topological polar surface area (TPSA) is 305 Å². The van der Waals surface area contributed by atoms with Crippen molar-refractivity contribution in [2.45, 2.75) is 120 Å². The summed E-state index contributed by atoms with van der Waals surface area (Å²) in [7, 11) is 0. The third kappa shape index (κ3) is 9.96. The third-order valence-electron chi connectivity index (χ3n) is 6.59. The molecule has 12 N–H and O–H groups in total. The van der Waals surface area contributed by atoms with E-state index in [4.69, 9.17) is 30.6 Å². The van der Waals surface area contributed by atoms with Gasteiger partial charge in [0, 0.05) is 11.5 Å². The second kappa shape index (κ2) is 17.5. The highest BCUT2D eigenvalue weighted by Gasteiger charge is 2.42. The largest absolute Gasteiger partial charge is 0.394 e. The van der Waals surface area contributed by atoms with Crippen molar-refractivity contribution >= 4 is 0 Å². The maximum absolute atomic E-state index is 9.43. The van der Waals surface area contributed by atoms with Gasteiger partial charge in [-0.25, -0.2) is 0 Å². The second-order valence-corrected chi connectivity index (χ2v) is 9.39. The van der Waals surface area contributed by atoms with Gasteiger partial charge in [0.2, 0.25) is 0 Å². The van der Waals surface area contributed by atoms with Crippen molar-refractivity contribution in [1.82, 2.24) is 0 Å². The SMILES string of the molecule is C.C[C@@H]1OC(CN)[C@@H](O)[C@H](O)C1O.C[C@@H]1OC(CN=[N+]=[N-])[C@@H](O)[C@H](O)C1O.C[C@@H]1OC(CO)[C@@H](O)[C@H](O)C1O. The molecule has 17 nitrogen and oxygen atoms in total. The van der Waals surface area contributed by atoms with E-state index in [0.717, 1.165) is 0 Å². The number of aliphatic hydroxyl groups is 10. The molecule has 0 aromatic rings. The number of aliphatic hydroxyl groups excluding tert-OH is 10. The van der Waals surface area contributed by atoms with Crippen molar-refractivity contribution in [2.75, 3.05) is 19.7 Å². The summed E-state index contributed by atoms with van der Waals surface area (Å²) >= 11 is 0. The van der Waals surface area contributed by atoms with Gasteiger partial charge in [-0.2, -0.15) is 0 Å². The molecule has 15 atom stereocenters. The van der Waals surface area contributed by atoms with Gasteiger partial charge in [-0.05, 0) is 26.3 Å². The number of hydrogen-bond acceptors (Lipinski definition) is 15. The van der Waals surface area contributed by atoms with Gasteiger partial charge in [0.25, 0.3) is 0 Å². The lowest BCUT2D eigenvalue weighted by atomic mass is 9.96. The molecular weight excluding hydrogens is 528 g/mol. The predicted octanol–water partition coefficient (Wildman–Crippen LogP) is -4.53. The number of nitrogens with two attached hydrogens (primary N) is 1. The van der Waals surface area contributed by atoms with Crippen LogP contribution in [-0.4, -0.2) is 162 Å². The summed E-state index contributed by atoms with van der Waals surface area (Å²) in [6.07, 6.45) is -14.3. The van der Waals surface area contributed by atoms with Gasteiger partial charge in [0.05, 0.1) is 43.7 Å². The third-order valence-corrected chi connectivity index (χ3v) is 6.59. The summed E-state index contributed by atoms with van der Waals surface area (Å²) in [5.41, 5.74) is 13.4. The maximum atomic E-state index is 9.43. The van der Waals surface area contributed by atoms with Gasteiger partial charge in [0.15, 0.2) is 0 Å². The molecule has 0 aliphatic carbocycles. The van der Waals surface area contributed by atoms with Crippen LogP contribution in [0.2, 0.25) is 0 Å². The van der Waals surface area contributed by atoms with E-state index < -0.39 is 91.6 Å². The van der Waals surface area contributed by atoms with Gasteiger partial charge in [-0.1, -0.05) is 12.5 Å². The Morgan fingerprint density at radius 2 is 0.949 bits per heavy atom. The molecule has 0 aromatic heterocycles. The zero-order valence-corrected chi connectivity index (χ0v) is 21.4. The zero-order chi connectivity index (χ0) is 29.3. The molecule has 232 valence electrons. The molecule has 3 rings (SSSR count). The quantitative estimate of drug-likeness (QED) is 0.0856. The first-order valence-electron chi connectivity index (χ1n) is 12.1. The molecule has 0 radical (unpaired) electrons. The Morgan fingerprint density at radius 1 is 0.615 bits per heavy atom. The molecule has 17 heteroatoms. The highest BCUT2D eigenvalue weighted by molar-refractivity contribution is 4.92. The summed E-state index contributed by atoms with van der Waals surface area (Å²) in [6, 6.07) is 0. The van der Waals surface area contributed by atoms with E-state index in [1.165, 1.54) is 0 Å². The molecular formula is C22H46N4O13. The van der Waals surface area contributed by atoms with Crippen LogP contribution in [0.1, 0.15) is 28.2 Å². The van der Waals surface area contributed by atoms with Crippen LogP contribution in [0.3, 0.4) is 0 Å². The standard InChI is InChI=1S/C7H13N3O4.C7H15NO4.C7H14O5.CH4/c1-3-5(11)7(13)6(12)4(14-3)2-9-10-8;2*1-3-5(9)7(11)6(10)4(2-8)12-3;/h3-7,11-13H,2H2,1H3;3-7,9-11H,2,8H2,1H3;3-11H,2H2,1H3;1H4/t3*3-,4?,5?,6+,7+;/m000./s1. The fraction of sp³-hybridized carbons (Fsp3) is 1.00. The van der Waals surface area contributed by atoms with E-state index in [2.05, 4.69) is 10.0 Å². The van der Waals surface area contributed by atoms with E-state index in [1.54, 1.807) is 20.8 Å². The van der Waals surface area contributed by atoms with Gasteiger partial charge in [-0.3, -0.25) is 0 Å². The van der Waals surface area contributed by atoms with E-state index in [0.29, 0.717) is 0 Å². The lowest BCUT2D eigenvalue weighted by Crippen LogP contribution is -2.58. The fourth-order valence-electron chi connectivity index (χ4n) is 4.02. The molecule has 3 saturated heterocycles. The summed E-state index contributed by atoms with van der Waals surface area (Å²) in [6.45, 7) is 4.48. The number of nitrogens with zero attached hydrogens (tertiary/aromatic N) is 3. The summed E-state index contributed by atoms with van der Waals surface area (Å²) < 4.78 is 15.3. The number of azide groups is 1. The Balaban J connectivity index is 0.000000551. The average molecular weight is 575 g/mol. The van der Waals surface area contributed by atoms with Gasteiger partial charge >= 0.3 is 0 Å². The van der Waals surface area contributed by atoms with Gasteiger partial charge in [-0.15, -0.1) is 0 Å². The summed E-state index contributed by atoms with van der Waals surface area (Å²) in [4.78, 5) is 2.52. The fourth-order valence-corrected chi connectivity index (χ4v) is 4.02. The first-order valence-corrected chi connectivity index (χ1v) is 12.1. The highest BCUT2D eigenvalue weighted by Crippen LogP contribution is 2.22. The Kier molecular flexibility index (Phi) is 17.0.